The first-order chi connectivity index (χ1) is 9.60. The lowest BCUT2D eigenvalue weighted by atomic mass is 10.1. The molecular formula is C17H18N2S. The fraction of sp³-hybridized carbons (Fsp3) is 0.118. The van der Waals surface area contributed by atoms with Crippen molar-refractivity contribution in [3.8, 4) is 0 Å². The standard InChI is InChI=1S/C17H18N2S/c1-12-4-8-15(9-5-12)14(3)20-17(19-18)16-10-6-13(2)7-11-16/h4-11H,3,18H2,1-2H3/b19-17-. The summed E-state index contributed by atoms with van der Waals surface area (Å²) >= 11 is 1.49. The highest BCUT2D eigenvalue weighted by molar-refractivity contribution is 8.22. The van der Waals surface area contributed by atoms with E-state index in [0.29, 0.717) is 0 Å². The van der Waals surface area contributed by atoms with E-state index in [9.17, 15) is 0 Å². The molecule has 0 radical (unpaired) electrons. The smallest absolute Gasteiger partial charge is 0.128 e. The molecule has 0 aliphatic carbocycles. The van der Waals surface area contributed by atoms with Crippen molar-refractivity contribution in [1.82, 2.24) is 0 Å². The van der Waals surface area contributed by atoms with E-state index in [1.165, 1.54) is 22.9 Å². The minimum absolute atomic E-state index is 0.774. The van der Waals surface area contributed by atoms with Gasteiger partial charge in [-0.1, -0.05) is 78.0 Å². The molecule has 0 amide bonds. The summed E-state index contributed by atoms with van der Waals surface area (Å²) in [6.45, 7) is 8.24. The first-order valence-corrected chi connectivity index (χ1v) is 7.20. The average molecular weight is 282 g/mol. The Bertz CT molecular complexity index is 625. The number of aryl methyl sites for hydroxylation is 2. The highest BCUT2D eigenvalue weighted by atomic mass is 32.2. The lowest BCUT2D eigenvalue weighted by Crippen LogP contribution is -2.00. The normalized spacial score (nSPS) is 11.4. The van der Waals surface area contributed by atoms with E-state index in [1.807, 2.05) is 12.1 Å². The van der Waals surface area contributed by atoms with E-state index in [1.54, 1.807) is 0 Å². The van der Waals surface area contributed by atoms with Gasteiger partial charge in [0.05, 0.1) is 0 Å². The van der Waals surface area contributed by atoms with E-state index >= 15 is 0 Å². The van der Waals surface area contributed by atoms with Crippen LogP contribution in [0.15, 0.2) is 60.2 Å². The number of nitrogens with two attached hydrogens (primary N) is 1. The Hall–Kier alpha value is -2.00. The van der Waals surface area contributed by atoms with Crippen molar-refractivity contribution in [3.63, 3.8) is 0 Å². The lowest BCUT2D eigenvalue weighted by molar-refractivity contribution is 1.26. The van der Waals surface area contributed by atoms with Gasteiger partial charge >= 0.3 is 0 Å². The zero-order valence-electron chi connectivity index (χ0n) is 11.8. The van der Waals surface area contributed by atoms with E-state index in [4.69, 9.17) is 5.84 Å². The van der Waals surface area contributed by atoms with Crippen LogP contribution in [0.25, 0.3) is 4.91 Å². The number of nitrogens with zero attached hydrogens (tertiary/aromatic N) is 1. The van der Waals surface area contributed by atoms with Gasteiger partial charge in [-0.3, -0.25) is 0 Å². The molecule has 3 heteroatoms. The molecule has 0 spiro atoms. The van der Waals surface area contributed by atoms with Gasteiger partial charge in [0.2, 0.25) is 0 Å². The van der Waals surface area contributed by atoms with Crippen molar-refractivity contribution >= 4 is 21.7 Å². The van der Waals surface area contributed by atoms with Crippen molar-refractivity contribution in [2.24, 2.45) is 10.9 Å². The maximum Gasteiger partial charge on any atom is 0.128 e. The number of rotatable bonds is 3. The summed E-state index contributed by atoms with van der Waals surface area (Å²) in [6, 6.07) is 16.4. The van der Waals surface area contributed by atoms with Crippen LogP contribution in [-0.2, 0) is 0 Å². The van der Waals surface area contributed by atoms with Crippen LogP contribution in [0.3, 0.4) is 0 Å². The van der Waals surface area contributed by atoms with Crippen molar-refractivity contribution < 1.29 is 0 Å². The molecule has 2 rings (SSSR count). The number of hydrogen-bond donors (Lipinski definition) is 1. The summed E-state index contributed by atoms with van der Waals surface area (Å²) < 4.78 is 0. The average Bonchev–Trinajstić information content (AvgIpc) is 2.46. The highest BCUT2D eigenvalue weighted by Gasteiger charge is 2.08. The van der Waals surface area contributed by atoms with E-state index in [0.717, 1.165) is 21.1 Å². The second kappa shape index (κ2) is 6.44. The molecule has 0 bridgehead atoms. The van der Waals surface area contributed by atoms with Crippen LogP contribution in [0.2, 0.25) is 0 Å². The van der Waals surface area contributed by atoms with Gasteiger partial charge in [-0.15, -0.1) is 0 Å². The fourth-order valence-electron chi connectivity index (χ4n) is 1.77. The van der Waals surface area contributed by atoms with Crippen LogP contribution >= 0.6 is 11.8 Å². The number of hydrogen-bond acceptors (Lipinski definition) is 3. The van der Waals surface area contributed by atoms with Gasteiger partial charge in [0, 0.05) is 10.5 Å². The summed E-state index contributed by atoms with van der Waals surface area (Å²) in [6.07, 6.45) is 0. The predicted molar refractivity (Wildman–Crippen MR) is 89.7 cm³/mol. The van der Waals surface area contributed by atoms with Gasteiger partial charge in [-0.25, -0.2) is 0 Å². The van der Waals surface area contributed by atoms with Crippen LogP contribution in [-0.4, -0.2) is 5.04 Å². The topological polar surface area (TPSA) is 38.4 Å². The molecule has 0 unspecified atom stereocenters. The largest absolute Gasteiger partial charge is 0.322 e. The Kier molecular flexibility index (Phi) is 4.64. The van der Waals surface area contributed by atoms with Crippen molar-refractivity contribution in [3.05, 3.63) is 77.4 Å². The number of benzene rings is 2. The first kappa shape index (κ1) is 14.4. The van der Waals surface area contributed by atoms with Crippen LogP contribution in [0.1, 0.15) is 22.3 Å². The Labute approximate surface area is 124 Å². The molecule has 0 heterocycles. The molecular weight excluding hydrogens is 264 g/mol. The minimum Gasteiger partial charge on any atom is -0.322 e. The number of hydrazone groups is 1. The third-order valence-electron chi connectivity index (χ3n) is 3.01. The quantitative estimate of drug-likeness (QED) is 0.394. The Morgan fingerprint density at radius 1 is 0.900 bits per heavy atom. The maximum absolute atomic E-state index is 5.52. The summed E-state index contributed by atoms with van der Waals surface area (Å²) in [5.74, 6) is 5.52. The van der Waals surface area contributed by atoms with E-state index in [2.05, 4.69) is 61.9 Å². The van der Waals surface area contributed by atoms with Gasteiger partial charge in [-0.05, 0) is 19.4 Å². The maximum atomic E-state index is 5.52. The van der Waals surface area contributed by atoms with Gasteiger partial charge in [0.25, 0.3) is 0 Å². The van der Waals surface area contributed by atoms with Gasteiger partial charge < -0.3 is 5.84 Å². The molecule has 0 atom stereocenters. The van der Waals surface area contributed by atoms with E-state index in [-0.39, 0.29) is 0 Å². The molecule has 20 heavy (non-hydrogen) atoms. The number of thioether (sulfide) groups is 1. The van der Waals surface area contributed by atoms with Crippen LogP contribution < -0.4 is 5.84 Å². The summed E-state index contributed by atoms with van der Waals surface area (Å²) in [7, 11) is 0. The Balaban J connectivity index is 2.16. The molecule has 0 aliphatic rings. The molecule has 2 aromatic rings. The molecule has 0 aliphatic heterocycles. The van der Waals surface area contributed by atoms with Gasteiger partial charge in [0.15, 0.2) is 0 Å². The molecule has 0 fully saturated rings. The van der Waals surface area contributed by atoms with Gasteiger partial charge in [-0.2, -0.15) is 5.10 Å². The second-order valence-corrected chi connectivity index (χ2v) is 5.78. The third kappa shape index (κ3) is 3.52. The van der Waals surface area contributed by atoms with Crippen molar-refractivity contribution in [2.75, 3.05) is 0 Å². The summed E-state index contributed by atoms with van der Waals surface area (Å²) in [5, 5.41) is 4.66. The van der Waals surface area contributed by atoms with Crippen molar-refractivity contribution in [2.45, 2.75) is 13.8 Å². The SMILES string of the molecule is C=C(S/C(=N\N)c1ccc(C)cc1)c1ccc(C)cc1. The molecule has 2 aromatic carbocycles. The zero-order valence-corrected chi connectivity index (χ0v) is 12.6. The van der Waals surface area contributed by atoms with Crippen LogP contribution in [0.5, 0.6) is 0 Å². The summed E-state index contributed by atoms with van der Waals surface area (Å²) in [5.41, 5.74) is 4.55. The minimum atomic E-state index is 0.774. The van der Waals surface area contributed by atoms with Crippen LogP contribution in [0, 0.1) is 13.8 Å². The van der Waals surface area contributed by atoms with Crippen LogP contribution in [0.4, 0.5) is 0 Å². The highest BCUT2D eigenvalue weighted by Crippen LogP contribution is 2.29. The third-order valence-corrected chi connectivity index (χ3v) is 4.03. The van der Waals surface area contributed by atoms with Gasteiger partial charge in [0.1, 0.15) is 5.04 Å². The molecule has 2 nitrogen and oxygen atoms in total. The predicted octanol–water partition coefficient (Wildman–Crippen LogP) is 4.33. The lowest BCUT2D eigenvalue weighted by Gasteiger charge is -2.08. The summed E-state index contributed by atoms with van der Waals surface area (Å²) in [4.78, 5) is 0.940. The van der Waals surface area contributed by atoms with Crippen molar-refractivity contribution in [1.29, 1.82) is 0 Å². The first-order valence-electron chi connectivity index (χ1n) is 6.39. The molecule has 0 saturated carbocycles. The molecule has 0 saturated heterocycles. The second-order valence-electron chi connectivity index (χ2n) is 4.69. The molecule has 2 N–H and O–H groups in total. The Morgan fingerprint density at radius 3 is 1.80 bits per heavy atom. The zero-order chi connectivity index (χ0) is 14.5. The monoisotopic (exact) mass is 282 g/mol. The molecule has 0 aromatic heterocycles. The Morgan fingerprint density at radius 2 is 1.35 bits per heavy atom. The molecule has 102 valence electrons. The van der Waals surface area contributed by atoms with E-state index < -0.39 is 0 Å². The fourth-order valence-corrected chi connectivity index (χ4v) is 2.56.